The minimum absolute atomic E-state index is 0.247. The fourth-order valence-electron chi connectivity index (χ4n) is 1.71. The molecule has 0 bridgehead atoms. The van der Waals surface area contributed by atoms with Crippen LogP contribution >= 0.6 is 15.9 Å². The average Bonchev–Trinajstić information content (AvgIpc) is 2.73. The van der Waals surface area contributed by atoms with Gasteiger partial charge >= 0.3 is 0 Å². The van der Waals surface area contributed by atoms with Crippen molar-refractivity contribution in [1.82, 2.24) is 9.78 Å². The molecule has 1 aromatic heterocycles. The highest BCUT2D eigenvalue weighted by Crippen LogP contribution is 2.30. The van der Waals surface area contributed by atoms with Crippen LogP contribution in [-0.4, -0.2) is 9.78 Å². The number of aromatic nitrogens is 2. The Morgan fingerprint density at radius 2 is 2.22 bits per heavy atom. The van der Waals surface area contributed by atoms with Crippen LogP contribution in [-0.2, 0) is 0 Å². The lowest BCUT2D eigenvalue weighted by Crippen LogP contribution is -2.04. The summed E-state index contributed by atoms with van der Waals surface area (Å²) in [7, 11) is 0. The second-order valence-electron chi connectivity index (χ2n) is 4.29. The summed E-state index contributed by atoms with van der Waals surface area (Å²) < 4.78 is 16.4. The van der Waals surface area contributed by atoms with Gasteiger partial charge in [0.15, 0.2) is 0 Å². The van der Waals surface area contributed by atoms with E-state index < -0.39 is 0 Å². The first-order valence-corrected chi connectivity index (χ1v) is 6.62. The molecule has 0 saturated heterocycles. The van der Waals surface area contributed by atoms with Gasteiger partial charge in [-0.3, -0.25) is 4.68 Å². The molecule has 0 fully saturated rings. The first-order valence-electron chi connectivity index (χ1n) is 5.83. The largest absolute Gasteiger partial charge is 0.396 e. The van der Waals surface area contributed by atoms with E-state index in [-0.39, 0.29) is 11.9 Å². The van der Waals surface area contributed by atoms with Crippen molar-refractivity contribution in [2.75, 3.05) is 5.73 Å². The molecular formula is C13H15BrFN3. The smallest absolute Gasteiger partial charge is 0.132 e. The lowest BCUT2D eigenvalue weighted by Gasteiger charge is -2.08. The van der Waals surface area contributed by atoms with Gasteiger partial charge in [-0.05, 0) is 31.5 Å². The van der Waals surface area contributed by atoms with Gasteiger partial charge in [-0.1, -0.05) is 22.9 Å². The summed E-state index contributed by atoms with van der Waals surface area (Å²) in [4.78, 5) is 0. The van der Waals surface area contributed by atoms with Crippen LogP contribution in [0.1, 0.15) is 26.3 Å². The summed E-state index contributed by atoms with van der Waals surface area (Å²) in [6.45, 7) is 4.12. The lowest BCUT2D eigenvalue weighted by molar-refractivity contribution is 0.479. The fraction of sp³-hybridized carbons (Fsp3) is 0.308. The van der Waals surface area contributed by atoms with E-state index in [1.165, 1.54) is 6.07 Å². The molecule has 0 saturated carbocycles. The van der Waals surface area contributed by atoms with Gasteiger partial charge in [0.2, 0.25) is 0 Å². The zero-order chi connectivity index (χ0) is 13.3. The molecule has 18 heavy (non-hydrogen) atoms. The third-order valence-electron chi connectivity index (χ3n) is 2.99. The normalized spacial score (nSPS) is 12.7. The van der Waals surface area contributed by atoms with Gasteiger partial charge in [0.1, 0.15) is 11.5 Å². The second-order valence-corrected chi connectivity index (χ2v) is 5.21. The van der Waals surface area contributed by atoms with Gasteiger partial charge in [0.25, 0.3) is 0 Å². The molecule has 5 heteroatoms. The Hall–Kier alpha value is -1.36. The van der Waals surface area contributed by atoms with Crippen LogP contribution in [0.25, 0.3) is 11.3 Å². The Morgan fingerprint density at radius 1 is 1.50 bits per heavy atom. The molecule has 0 aliphatic rings. The molecule has 96 valence electrons. The van der Waals surface area contributed by atoms with Crippen molar-refractivity contribution in [2.45, 2.75) is 26.3 Å². The molecule has 1 heterocycles. The SMILES string of the molecule is CCC(C)n1cc(N)c(-c2cc(Br)ccc2F)n1. The third-order valence-corrected chi connectivity index (χ3v) is 3.48. The molecule has 3 nitrogen and oxygen atoms in total. The van der Waals surface area contributed by atoms with E-state index in [9.17, 15) is 4.39 Å². The molecule has 0 aliphatic carbocycles. The second kappa shape index (κ2) is 5.10. The molecule has 2 aromatic rings. The van der Waals surface area contributed by atoms with E-state index >= 15 is 0 Å². The number of nitrogens with two attached hydrogens (primary N) is 1. The zero-order valence-corrected chi connectivity index (χ0v) is 11.9. The lowest BCUT2D eigenvalue weighted by atomic mass is 10.1. The summed E-state index contributed by atoms with van der Waals surface area (Å²) in [5.41, 5.74) is 7.33. The number of hydrogen-bond acceptors (Lipinski definition) is 2. The van der Waals surface area contributed by atoms with Gasteiger partial charge in [-0.15, -0.1) is 0 Å². The molecule has 2 N–H and O–H groups in total. The number of anilines is 1. The number of benzene rings is 1. The molecule has 0 radical (unpaired) electrons. The first-order chi connectivity index (χ1) is 8.52. The predicted octanol–water partition coefficient (Wildman–Crippen LogP) is 4.00. The van der Waals surface area contributed by atoms with Crippen molar-refractivity contribution in [3.63, 3.8) is 0 Å². The number of rotatable bonds is 3. The molecule has 0 amide bonds. The quantitative estimate of drug-likeness (QED) is 0.931. The molecule has 2 rings (SSSR count). The monoisotopic (exact) mass is 311 g/mol. The van der Waals surface area contributed by atoms with Gasteiger partial charge < -0.3 is 5.73 Å². The Kier molecular flexibility index (Phi) is 3.71. The number of halogens is 2. The summed E-state index contributed by atoms with van der Waals surface area (Å²) in [5.74, 6) is -0.320. The van der Waals surface area contributed by atoms with Gasteiger partial charge in [0, 0.05) is 22.3 Å². The van der Waals surface area contributed by atoms with Crippen LogP contribution < -0.4 is 5.73 Å². The Balaban J connectivity index is 2.50. The van der Waals surface area contributed by atoms with E-state index in [1.807, 2.05) is 6.92 Å². The van der Waals surface area contributed by atoms with E-state index in [2.05, 4.69) is 28.0 Å². The van der Waals surface area contributed by atoms with E-state index in [4.69, 9.17) is 5.73 Å². The molecular weight excluding hydrogens is 297 g/mol. The Labute approximate surface area is 114 Å². The van der Waals surface area contributed by atoms with Crippen molar-refractivity contribution in [3.05, 3.63) is 34.7 Å². The summed E-state index contributed by atoms with van der Waals surface area (Å²) in [6, 6.07) is 4.99. The Bertz CT molecular complexity index is 565. The standard InChI is InChI=1S/C13H15BrFN3/c1-3-8(2)18-7-12(16)13(17-18)10-6-9(14)4-5-11(10)15/h4-8H,3,16H2,1-2H3. The maximum Gasteiger partial charge on any atom is 0.132 e. The van der Waals surface area contributed by atoms with Crippen molar-refractivity contribution < 1.29 is 4.39 Å². The maximum atomic E-state index is 13.8. The third kappa shape index (κ3) is 2.41. The summed E-state index contributed by atoms with van der Waals surface area (Å²) >= 11 is 3.33. The van der Waals surface area contributed by atoms with Crippen LogP contribution in [0.3, 0.4) is 0 Å². The van der Waals surface area contributed by atoms with Crippen molar-refractivity contribution >= 4 is 21.6 Å². The van der Waals surface area contributed by atoms with Crippen LogP contribution in [0.4, 0.5) is 10.1 Å². The van der Waals surface area contributed by atoms with Crippen LogP contribution in [0, 0.1) is 5.82 Å². The number of nitrogens with zero attached hydrogens (tertiary/aromatic N) is 2. The predicted molar refractivity (Wildman–Crippen MR) is 74.7 cm³/mol. The van der Waals surface area contributed by atoms with Crippen LogP contribution in [0.15, 0.2) is 28.9 Å². The maximum absolute atomic E-state index is 13.8. The highest BCUT2D eigenvalue weighted by Gasteiger charge is 2.15. The van der Waals surface area contributed by atoms with Crippen molar-refractivity contribution in [3.8, 4) is 11.3 Å². The van der Waals surface area contributed by atoms with Crippen molar-refractivity contribution in [2.24, 2.45) is 0 Å². The highest BCUT2D eigenvalue weighted by molar-refractivity contribution is 9.10. The van der Waals surface area contributed by atoms with Gasteiger partial charge in [-0.25, -0.2) is 4.39 Å². The number of hydrogen-bond donors (Lipinski definition) is 1. The molecule has 0 aliphatic heterocycles. The van der Waals surface area contributed by atoms with Crippen LogP contribution in [0.2, 0.25) is 0 Å². The minimum Gasteiger partial charge on any atom is -0.396 e. The summed E-state index contributed by atoms with van der Waals surface area (Å²) in [5, 5.41) is 4.38. The average molecular weight is 312 g/mol. The van der Waals surface area contributed by atoms with Gasteiger partial charge in [0.05, 0.1) is 5.69 Å². The van der Waals surface area contributed by atoms with Gasteiger partial charge in [-0.2, -0.15) is 5.10 Å². The number of nitrogen functional groups attached to an aromatic ring is 1. The van der Waals surface area contributed by atoms with Crippen molar-refractivity contribution in [1.29, 1.82) is 0 Å². The zero-order valence-electron chi connectivity index (χ0n) is 10.3. The molecule has 1 unspecified atom stereocenters. The van der Waals surface area contributed by atoms with E-state index in [1.54, 1.807) is 23.0 Å². The summed E-state index contributed by atoms with van der Waals surface area (Å²) in [6.07, 6.45) is 2.70. The van der Waals surface area contributed by atoms with Crippen LogP contribution in [0.5, 0.6) is 0 Å². The first kappa shape index (κ1) is 13.1. The fourth-order valence-corrected chi connectivity index (χ4v) is 2.07. The van der Waals surface area contributed by atoms with E-state index in [0.717, 1.165) is 10.9 Å². The molecule has 1 atom stereocenters. The highest BCUT2D eigenvalue weighted by atomic mass is 79.9. The Morgan fingerprint density at radius 3 is 2.89 bits per heavy atom. The molecule has 0 spiro atoms. The van der Waals surface area contributed by atoms with E-state index in [0.29, 0.717) is 16.9 Å². The minimum atomic E-state index is -0.320. The topological polar surface area (TPSA) is 43.8 Å². The molecule has 1 aromatic carbocycles.